The van der Waals surface area contributed by atoms with Gasteiger partial charge in [-0.15, -0.1) is 0 Å². The van der Waals surface area contributed by atoms with Crippen LogP contribution in [-0.2, 0) is 6.54 Å². The maximum absolute atomic E-state index is 6.28. The van der Waals surface area contributed by atoms with Crippen LogP contribution in [0.4, 0.5) is 0 Å². The quantitative estimate of drug-likeness (QED) is 0.877. The van der Waals surface area contributed by atoms with Crippen LogP contribution in [0, 0.1) is 5.92 Å². The largest absolute Gasteiger partial charge is 0.327 e. The summed E-state index contributed by atoms with van der Waals surface area (Å²) in [7, 11) is 2.20. The number of likely N-dealkylation sites (tertiary alicyclic amines) is 1. The van der Waals surface area contributed by atoms with Crippen LogP contribution < -0.4 is 5.73 Å². The maximum Gasteiger partial charge on any atom is 0.0230 e. The Bertz CT molecular complexity index is 366. The highest BCUT2D eigenvalue weighted by Crippen LogP contribution is 2.17. The van der Waals surface area contributed by atoms with E-state index < -0.39 is 0 Å². The van der Waals surface area contributed by atoms with Crippen LogP contribution in [0.2, 0.25) is 0 Å². The average molecular weight is 261 g/mol. The smallest absolute Gasteiger partial charge is 0.0230 e. The molecule has 1 heterocycles. The molecule has 1 aliphatic heterocycles. The Hall–Kier alpha value is -0.900. The van der Waals surface area contributed by atoms with Gasteiger partial charge < -0.3 is 15.5 Å². The van der Waals surface area contributed by atoms with Gasteiger partial charge in [0.15, 0.2) is 0 Å². The van der Waals surface area contributed by atoms with E-state index in [4.69, 9.17) is 5.73 Å². The van der Waals surface area contributed by atoms with Crippen molar-refractivity contribution in [2.45, 2.75) is 25.9 Å². The maximum atomic E-state index is 6.28. The summed E-state index contributed by atoms with van der Waals surface area (Å²) in [6.45, 7) is 7.79. The molecular weight excluding hydrogens is 234 g/mol. The van der Waals surface area contributed by atoms with Crippen molar-refractivity contribution in [1.29, 1.82) is 0 Å². The van der Waals surface area contributed by atoms with E-state index in [1.54, 1.807) is 0 Å². The van der Waals surface area contributed by atoms with Gasteiger partial charge in [-0.2, -0.15) is 0 Å². The molecule has 0 spiro atoms. The lowest BCUT2D eigenvalue weighted by molar-refractivity contribution is 0.128. The van der Waals surface area contributed by atoms with E-state index in [9.17, 15) is 0 Å². The Morgan fingerprint density at radius 1 is 1.32 bits per heavy atom. The molecule has 3 heteroatoms. The molecule has 2 unspecified atom stereocenters. The van der Waals surface area contributed by atoms with Gasteiger partial charge in [-0.3, -0.25) is 0 Å². The van der Waals surface area contributed by atoms with E-state index >= 15 is 0 Å². The summed E-state index contributed by atoms with van der Waals surface area (Å²) in [5.41, 5.74) is 7.66. The minimum absolute atomic E-state index is 0.362. The number of rotatable bonds is 5. The fraction of sp³-hybridized carbons (Fsp3) is 0.625. The highest BCUT2D eigenvalue weighted by molar-refractivity contribution is 5.14. The molecule has 1 aromatic rings. The van der Waals surface area contributed by atoms with Crippen molar-refractivity contribution < 1.29 is 0 Å². The first-order chi connectivity index (χ1) is 9.19. The Morgan fingerprint density at radius 3 is 2.74 bits per heavy atom. The van der Waals surface area contributed by atoms with Gasteiger partial charge in [0.05, 0.1) is 0 Å². The molecule has 19 heavy (non-hydrogen) atoms. The molecule has 2 rings (SSSR count). The predicted octanol–water partition coefficient (Wildman–Crippen LogP) is 1.79. The van der Waals surface area contributed by atoms with Crippen LogP contribution >= 0.6 is 0 Å². The van der Waals surface area contributed by atoms with Crippen LogP contribution in [0.15, 0.2) is 30.3 Å². The van der Waals surface area contributed by atoms with E-state index in [0.717, 1.165) is 39.1 Å². The second kappa shape index (κ2) is 7.04. The lowest BCUT2D eigenvalue weighted by atomic mass is 9.92. The van der Waals surface area contributed by atoms with Gasteiger partial charge >= 0.3 is 0 Å². The Balaban J connectivity index is 1.85. The van der Waals surface area contributed by atoms with Crippen molar-refractivity contribution in [2.24, 2.45) is 11.7 Å². The molecule has 0 radical (unpaired) electrons. The minimum Gasteiger partial charge on any atom is -0.327 e. The number of hydrogen-bond acceptors (Lipinski definition) is 3. The minimum atomic E-state index is 0.362. The standard InChI is InChI=1S/C16H27N3/c1-3-19-10-9-16(17)15(13-19)12-18(2)11-14-7-5-4-6-8-14/h4-8,15-16H,3,9-13,17H2,1-2H3. The second-order valence-electron chi connectivity index (χ2n) is 5.79. The molecule has 2 N–H and O–H groups in total. The van der Waals surface area contributed by atoms with Crippen molar-refractivity contribution in [3.05, 3.63) is 35.9 Å². The third-order valence-electron chi connectivity index (χ3n) is 4.17. The first kappa shape index (κ1) is 14.5. The Morgan fingerprint density at radius 2 is 2.05 bits per heavy atom. The van der Waals surface area contributed by atoms with Gasteiger partial charge in [-0.05, 0) is 38.0 Å². The molecule has 0 aliphatic carbocycles. The Labute approximate surface area is 117 Å². The molecule has 1 fully saturated rings. The van der Waals surface area contributed by atoms with E-state index in [0.29, 0.717) is 12.0 Å². The molecule has 0 aromatic heterocycles. The molecule has 1 saturated heterocycles. The molecule has 0 bridgehead atoms. The molecule has 0 amide bonds. The fourth-order valence-corrected chi connectivity index (χ4v) is 2.97. The summed E-state index contributed by atoms with van der Waals surface area (Å²) in [5, 5.41) is 0. The number of piperidine rings is 1. The summed E-state index contributed by atoms with van der Waals surface area (Å²) in [4.78, 5) is 4.92. The zero-order chi connectivity index (χ0) is 13.7. The SMILES string of the molecule is CCN1CCC(N)C(CN(C)Cc2ccccc2)C1. The molecule has 1 aromatic carbocycles. The fourth-order valence-electron chi connectivity index (χ4n) is 2.97. The molecule has 106 valence electrons. The third kappa shape index (κ3) is 4.30. The van der Waals surface area contributed by atoms with Crippen LogP contribution in [-0.4, -0.2) is 49.1 Å². The number of nitrogens with zero attached hydrogens (tertiary/aromatic N) is 2. The van der Waals surface area contributed by atoms with Gasteiger partial charge in [0.2, 0.25) is 0 Å². The van der Waals surface area contributed by atoms with Crippen LogP contribution in [0.1, 0.15) is 18.9 Å². The molecule has 3 nitrogen and oxygen atoms in total. The van der Waals surface area contributed by atoms with Gasteiger partial charge in [-0.1, -0.05) is 37.3 Å². The van der Waals surface area contributed by atoms with Crippen LogP contribution in [0.5, 0.6) is 0 Å². The third-order valence-corrected chi connectivity index (χ3v) is 4.17. The predicted molar refractivity (Wildman–Crippen MR) is 81.0 cm³/mol. The first-order valence-corrected chi connectivity index (χ1v) is 7.39. The average Bonchev–Trinajstić information content (AvgIpc) is 2.42. The molecule has 2 atom stereocenters. The zero-order valence-electron chi connectivity index (χ0n) is 12.3. The summed E-state index contributed by atoms with van der Waals surface area (Å²) in [6, 6.07) is 11.0. The van der Waals surface area contributed by atoms with Gasteiger partial charge in [0.25, 0.3) is 0 Å². The monoisotopic (exact) mass is 261 g/mol. The van der Waals surface area contributed by atoms with Crippen molar-refractivity contribution >= 4 is 0 Å². The van der Waals surface area contributed by atoms with E-state index in [1.165, 1.54) is 5.56 Å². The highest BCUT2D eigenvalue weighted by atomic mass is 15.2. The molecule has 1 aliphatic rings. The number of benzene rings is 1. The first-order valence-electron chi connectivity index (χ1n) is 7.39. The number of hydrogen-bond donors (Lipinski definition) is 1. The van der Waals surface area contributed by atoms with Crippen molar-refractivity contribution in [2.75, 3.05) is 33.2 Å². The Kier molecular flexibility index (Phi) is 5.37. The van der Waals surface area contributed by atoms with Crippen molar-refractivity contribution in [1.82, 2.24) is 9.80 Å². The molecular formula is C16H27N3. The highest BCUT2D eigenvalue weighted by Gasteiger charge is 2.26. The van der Waals surface area contributed by atoms with Crippen molar-refractivity contribution in [3.8, 4) is 0 Å². The normalized spacial score (nSPS) is 24.8. The van der Waals surface area contributed by atoms with E-state index in [-0.39, 0.29) is 0 Å². The van der Waals surface area contributed by atoms with Gasteiger partial charge in [-0.25, -0.2) is 0 Å². The lowest BCUT2D eigenvalue weighted by Crippen LogP contribution is -2.50. The van der Waals surface area contributed by atoms with Crippen LogP contribution in [0.25, 0.3) is 0 Å². The molecule has 0 saturated carbocycles. The van der Waals surface area contributed by atoms with Crippen LogP contribution in [0.3, 0.4) is 0 Å². The second-order valence-corrected chi connectivity index (χ2v) is 5.79. The van der Waals surface area contributed by atoms with E-state index in [1.807, 2.05) is 0 Å². The topological polar surface area (TPSA) is 32.5 Å². The lowest BCUT2D eigenvalue weighted by Gasteiger charge is -2.38. The zero-order valence-corrected chi connectivity index (χ0v) is 12.3. The summed E-state index contributed by atoms with van der Waals surface area (Å²) in [5.74, 6) is 0.599. The summed E-state index contributed by atoms with van der Waals surface area (Å²) < 4.78 is 0. The van der Waals surface area contributed by atoms with Gasteiger partial charge in [0.1, 0.15) is 0 Å². The summed E-state index contributed by atoms with van der Waals surface area (Å²) in [6.07, 6.45) is 1.14. The summed E-state index contributed by atoms with van der Waals surface area (Å²) >= 11 is 0. The van der Waals surface area contributed by atoms with Crippen molar-refractivity contribution in [3.63, 3.8) is 0 Å². The number of nitrogens with two attached hydrogens (primary N) is 1. The van der Waals surface area contributed by atoms with Gasteiger partial charge in [0, 0.05) is 25.7 Å². The van der Waals surface area contributed by atoms with E-state index in [2.05, 4.69) is 54.1 Å².